The third kappa shape index (κ3) is 6.48. The van der Waals surface area contributed by atoms with E-state index in [4.69, 9.17) is 5.10 Å². The van der Waals surface area contributed by atoms with E-state index >= 15 is 0 Å². The summed E-state index contributed by atoms with van der Waals surface area (Å²) < 4.78 is 1.70. The normalized spacial score (nSPS) is 10.6. The van der Waals surface area contributed by atoms with Crippen LogP contribution in [0.5, 0.6) is 0 Å². The van der Waals surface area contributed by atoms with Gasteiger partial charge in [-0.25, -0.2) is 9.48 Å². The highest BCUT2D eigenvalue weighted by Crippen LogP contribution is 2.33. The van der Waals surface area contributed by atoms with Crippen LogP contribution < -0.4 is 10.6 Å². The second-order valence-electron chi connectivity index (χ2n) is 9.13. The van der Waals surface area contributed by atoms with Crippen molar-refractivity contribution in [1.82, 2.24) is 14.7 Å². The maximum atomic E-state index is 13.4. The highest BCUT2D eigenvalue weighted by molar-refractivity contribution is 5.99. The lowest BCUT2D eigenvalue weighted by Crippen LogP contribution is -2.41. The van der Waals surface area contributed by atoms with E-state index in [1.165, 1.54) is 29.2 Å². The monoisotopic (exact) mass is 526 g/mol. The summed E-state index contributed by atoms with van der Waals surface area (Å²) in [5.41, 5.74) is 4.66. The van der Waals surface area contributed by atoms with Crippen molar-refractivity contribution in [2.75, 3.05) is 23.7 Å². The number of carbonyl (C=O) groups is 2. The molecule has 3 aromatic carbocycles. The molecule has 10 nitrogen and oxygen atoms in total. The maximum Gasteiger partial charge on any atom is 0.322 e. The van der Waals surface area contributed by atoms with Crippen molar-refractivity contribution in [3.05, 3.63) is 100 Å². The summed E-state index contributed by atoms with van der Waals surface area (Å²) in [4.78, 5) is 38.2. The Labute approximate surface area is 226 Å². The lowest BCUT2D eigenvalue weighted by atomic mass is 10.1. The van der Waals surface area contributed by atoms with Gasteiger partial charge in [-0.2, -0.15) is 5.10 Å². The molecule has 0 aliphatic rings. The zero-order valence-electron chi connectivity index (χ0n) is 22.0. The van der Waals surface area contributed by atoms with Crippen molar-refractivity contribution in [2.24, 2.45) is 0 Å². The van der Waals surface area contributed by atoms with Crippen LogP contribution in [0.15, 0.2) is 78.9 Å². The molecule has 0 saturated carbocycles. The van der Waals surface area contributed by atoms with Crippen molar-refractivity contribution in [2.45, 2.75) is 27.2 Å². The van der Waals surface area contributed by atoms with Gasteiger partial charge in [-0.15, -0.1) is 0 Å². The molecule has 0 radical (unpaired) electrons. The third-order valence-corrected chi connectivity index (χ3v) is 6.10. The molecule has 3 amide bonds. The molecule has 2 N–H and O–H groups in total. The first-order chi connectivity index (χ1) is 18.8. The van der Waals surface area contributed by atoms with Crippen LogP contribution in [-0.4, -0.2) is 44.6 Å². The molecule has 4 aromatic rings. The van der Waals surface area contributed by atoms with E-state index in [9.17, 15) is 19.7 Å². The summed E-state index contributed by atoms with van der Waals surface area (Å²) in [5, 5.41) is 21.3. The molecule has 4 rings (SSSR count). The minimum Gasteiger partial charge on any atom is -0.315 e. The number of benzene rings is 3. The van der Waals surface area contributed by atoms with Crippen LogP contribution in [0.4, 0.5) is 22.0 Å². The minimum atomic E-state index is -0.508. The first-order valence-electron chi connectivity index (χ1n) is 12.6. The van der Waals surface area contributed by atoms with Crippen LogP contribution in [0.3, 0.4) is 0 Å². The summed E-state index contributed by atoms with van der Waals surface area (Å²) >= 11 is 0. The number of nitro benzene ring substituents is 1. The van der Waals surface area contributed by atoms with Crippen molar-refractivity contribution in [3.8, 4) is 16.8 Å². The fourth-order valence-corrected chi connectivity index (χ4v) is 4.20. The first-order valence-corrected chi connectivity index (χ1v) is 12.6. The van der Waals surface area contributed by atoms with Gasteiger partial charge in [0.1, 0.15) is 12.4 Å². The summed E-state index contributed by atoms with van der Waals surface area (Å²) in [6, 6.07) is 22.6. The van der Waals surface area contributed by atoms with E-state index in [2.05, 4.69) is 10.6 Å². The van der Waals surface area contributed by atoms with Crippen LogP contribution in [-0.2, 0) is 4.79 Å². The average molecular weight is 527 g/mol. The molecular weight excluding hydrogens is 496 g/mol. The molecule has 0 saturated heterocycles. The number of non-ortho nitro benzene ring substituents is 1. The van der Waals surface area contributed by atoms with Gasteiger partial charge >= 0.3 is 6.03 Å². The SMILES string of the molecule is CCCN(CC(=O)Nc1c(-c2ccccc2)c(C)nn1-c1ccc(C)cc1)C(=O)Nc1ccc([N+](=O)[O-])cc1. The van der Waals surface area contributed by atoms with Crippen molar-refractivity contribution in [3.63, 3.8) is 0 Å². The van der Waals surface area contributed by atoms with E-state index in [1.54, 1.807) is 4.68 Å². The van der Waals surface area contributed by atoms with E-state index in [0.717, 1.165) is 28.1 Å². The summed E-state index contributed by atoms with van der Waals surface area (Å²) in [6.45, 7) is 5.95. The molecule has 200 valence electrons. The number of aromatic nitrogens is 2. The van der Waals surface area contributed by atoms with Crippen molar-refractivity contribution in [1.29, 1.82) is 0 Å². The first kappa shape index (κ1) is 27.1. The number of rotatable bonds is 9. The largest absolute Gasteiger partial charge is 0.322 e. The van der Waals surface area contributed by atoms with E-state index in [-0.39, 0.29) is 18.1 Å². The summed E-state index contributed by atoms with van der Waals surface area (Å²) in [7, 11) is 0. The smallest absolute Gasteiger partial charge is 0.315 e. The van der Waals surface area contributed by atoms with Crippen molar-refractivity contribution < 1.29 is 14.5 Å². The second kappa shape index (κ2) is 12.0. The number of nitro groups is 1. The molecule has 0 fully saturated rings. The summed E-state index contributed by atoms with van der Waals surface area (Å²) in [5.74, 6) is 0.132. The molecule has 0 aliphatic heterocycles. The Bertz CT molecular complexity index is 1460. The van der Waals surface area contributed by atoms with Gasteiger partial charge in [-0.3, -0.25) is 14.9 Å². The Kier molecular flexibility index (Phi) is 8.35. The fourth-order valence-electron chi connectivity index (χ4n) is 4.20. The lowest BCUT2D eigenvalue weighted by Gasteiger charge is -2.22. The maximum absolute atomic E-state index is 13.4. The van der Waals surface area contributed by atoms with Crippen LogP contribution in [0, 0.1) is 24.0 Å². The zero-order valence-corrected chi connectivity index (χ0v) is 22.0. The molecule has 0 atom stereocenters. The molecule has 0 unspecified atom stereocenters. The third-order valence-electron chi connectivity index (χ3n) is 6.10. The molecule has 1 heterocycles. The van der Waals surface area contributed by atoms with Gasteiger partial charge in [0.25, 0.3) is 5.69 Å². The fraction of sp³-hybridized carbons (Fsp3) is 0.207. The standard InChI is InChI=1S/C29H30N6O4/c1-4-18-33(29(37)30-23-12-16-25(17-13-23)35(38)39)19-26(36)31-28-27(22-8-6-5-7-9-22)21(3)32-34(28)24-14-10-20(2)11-15-24/h5-17H,4,18-19H2,1-3H3,(H,30,37)(H,31,36). The van der Waals surface area contributed by atoms with Crippen LogP contribution in [0.25, 0.3) is 16.8 Å². The number of hydrogen-bond acceptors (Lipinski definition) is 5. The number of hydrogen-bond donors (Lipinski definition) is 2. The Hall–Kier alpha value is -4.99. The van der Waals surface area contributed by atoms with Crippen LogP contribution in [0.1, 0.15) is 24.6 Å². The molecule has 39 heavy (non-hydrogen) atoms. The predicted molar refractivity (Wildman–Crippen MR) is 151 cm³/mol. The number of aryl methyl sites for hydroxylation is 2. The molecule has 1 aromatic heterocycles. The van der Waals surface area contributed by atoms with Gasteiger partial charge in [-0.05, 0) is 50.1 Å². The summed E-state index contributed by atoms with van der Waals surface area (Å²) in [6.07, 6.45) is 0.636. The van der Waals surface area contributed by atoms with Gasteiger partial charge in [0, 0.05) is 29.9 Å². The van der Waals surface area contributed by atoms with Gasteiger partial charge in [0.15, 0.2) is 0 Å². The molecule has 0 spiro atoms. The number of nitrogens with one attached hydrogen (secondary N) is 2. The van der Waals surface area contributed by atoms with Crippen molar-refractivity contribution >= 4 is 29.1 Å². The highest BCUT2D eigenvalue weighted by Gasteiger charge is 2.23. The van der Waals surface area contributed by atoms with E-state index < -0.39 is 11.0 Å². The van der Waals surface area contributed by atoms with E-state index in [1.807, 2.05) is 75.4 Å². The molecular formula is C29H30N6O4. The Morgan fingerprint density at radius 2 is 1.62 bits per heavy atom. The Morgan fingerprint density at radius 3 is 2.23 bits per heavy atom. The minimum absolute atomic E-state index is 0.0764. The van der Waals surface area contributed by atoms with Gasteiger partial charge in [-0.1, -0.05) is 55.0 Å². The lowest BCUT2D eigenvalue weighted by molar-refractivity contribution is -0.384. The number of nitrogens with zero attached hydrogens (tertiary/aromatic N) is 4. The number of amides is 3. The number of carbonyl (C=O) groups excluding carboxylic acids is 2. The highest BCUT2D eigenvalue weighted by atomic mass is 16.6. The van der Waals surface area contributed by atoms with Gasteiger partial charge in [0.05, 0.1) is 16.3 Å². The number of anilines is 2. The van der Waals surface area contributed by atoms with E-state index in [0.29, 0.717) is 24.5 Å². The van der Waals surface area contributed by atoms with Gasteiger partial charge < -0.3 is 15.5 Å². The molecule has 0 aliphatic carbocycles. The molecule has 10 heteroatoms. The van der Waals surface area contributed by atoms with Crippen LogP contribution >= 0.6 is 0 Å². The quantitative estimate of drug-likeness (QED) is 0.206. The molecule has 0 bridgehead atoms. The zero-order chi connectivity index (χ0) is 27.9. The average Bonchev–Trinajstić information content (AvgIpc) is 3.24. The van der Waals surface area contributed by atoms with Crippen LogP contribution in [0.2, 0.25) is 0 Å². The Balaban J connectivity index is 1.59. The Morgan fingerprint density at radius 1 is 0.949 bits per heavy atom. The predicted octanol–water partition coefficient (Wildman–Crippen LogP) is 5.95. The second-order valence-corrected chi connectivity index (χ2v) is 9.13. The topological polar surface area (TPSA) is 122 Å². The van der Waals surface area contributed by atoms with Gasteiger partial charge in [0.2, 0.25) is 5.91 Å². The number of urea groups is 1.